The third-order valence-corrected chi connectivity index (χ3v) is 2.70. The maximum absolute atomic E-state index is 12.8. The predicted molar refractivity (Wildman–Crippen MR) is 57.4 cm³/mol. The van der Waals surface area contributed by atoms with Crippen LogP contribution in [0.2, 0.25) is 0 Å². The molecule has 1 fully saturated rings. The van der Waals surface area contributed by atoms with Crippen LogP contribution in [-0.4, -0.2) is 22.9 Å². The van der Waals surface area contributed by atoms with Gasteiger partial charge in [-0.1, -0.05) is 0 Å². The van der Waals surface area contributed by atoms with Gasteiger partial charge >= 0.3 is 0 Å². The number of hydrogen-bond donors (Lipinski definition) is 1. The first kappa shape index (κ1) is 9.54. The van der Waals surface area contributed by atoms with E-state index in [0.29, 0.717) is 6.10 Å². The Morgan fingerprint density at radius 2 is 2.12 bits per heavy atom. The average Bonchev–Trinajstić information content (AvgIpc) is 2.97. The normalized spacial score (nSPS) is 18.7. The monoisotopic (exact) mass is 218 g/mol. The Kier molecular flexibility index (Phi) is 2.22. The van der Waals surface area contributed by atoms with Crippen LogP contribution in [0.3, 0.4) is 0 Å². The summed E-state index contributed by atoms with van der Waals surface area (Å²) < 4.78 is 18.0. The van der Waals surface area contributed by atoms with Crippen LogP contribution in [-0.2, 0) is 11.2 Å². The molecule has 1 N–H and O–H groups in total. The predicted octanol–water partition coefficient (Wildman–Crippen LogP) is 2.16. The van der Waals surface area contributed by atoms with E-state index >= 15 is 0 Å². The van der Waals surface area contributed by atoms with Gasteiger partial charge in [0, 0.05) is 17.5 Å². The Morgan fingerprint density at radius 1 is 1.38 bits per heavy atom. The Hall–Kier alpha value is -1.68. The highest BCUT2D eigenvalue weighted by Gasteiger charge is 2.24. The highest BCUT2D eigenvalue weighted by Crippen LogP contribution is 2.25. The maximum atomic E-state index is 12.8. The summed E-state index contributed by atoms with van der Waals surface area (Å²) in [5.41, 5.74) is 3.03. The Labute approximate surface area is 92.3 Å². The molecule has 82 valence electrons. The van der Waals surface area contributed by atoms with Crippen molar-refractivity contribution >= 4 is 0 Å². The molecule has 1 aliphatic heterocycles. The van der Waals surface area contributed by atoms with E-state index in [9.17, 15) is 4.39 Å². The number of hydrogen-bond acceptors (Lipinski definition) is 2. The minimum Gasteiger partial charge on any atom is -0.373 e. The fraction of sp³-hybridized carbons (Fsp3) is 0.250. The summed E-state index contributed by atoms with van der Waals surface area (Å²) in [6, 6.07) is 6.40. The third kappa shape index (κ3) is 1.84. The third-order valence-electron chi connectivity index (χ3n) is 2.70. The molecule has 0 aliphatic carbocycles. The van der Waals surface area contributed by atoms with Crippen molar-refractivity contribution in [3.05, 3.63) is 41.8 Å². The van der Waals surface area contributed by atoms with Gasteiger partial charge in [0.05, 0.1) is 24.6 Å². The van der Waals surface area contributed by atoms with Gasteiger partial charge < -0.3 is 4.74 Å². The number of rotatable bonds is 3. The SMILES string of the molecule is Fc1ccc(-c2[nH]ncc2CC2CO2)cc1. The number of epoxide rings is 1. The summed E-state index contributed by atoms with van der Waals surface area (Å²) in [5, 5.41) is 6.97. The highest BCUT2D eigenvalue weighted by molar-refractivity contribution is 5.62. The van der Waals surface area contributed by atoms with E-state index in [1.807, 2.05) is 0 Å². The second-order valence-corrected chi connectivity index (χ2v) is 3.94. The molecular weight excluding hydrogens is 207 g/mol. The molecule has 3 rings (SSSR count). The smallest absolute Gasteiger partial charge is 0.123 e. The van der Waals surface area contributed by atoms with Crippen molar-refractivity contribution in [2.24, 2.45) is 0 Å². The topological polar surface area (TPSA) is 41.2 Å². The average molecular weight is 218 g/mol. The minimum absolute atomic E-state index is 0.227. The molecule has 1 unspecified atom stereocenters. The van der Waals surface area contributed by atoms with Crippen molar-refractivity contribution in [2.75, 3.05) is 6.61 Å². The van der Waals surface area contributed by atoms with Crippen molar-refractivity contribution in [2.45, 2.75) is 12.5 Å². The lowest BCUT2D eigenvalue weighted by Crippen LogP contribution is -1.93. The van der Waals surface area contributed by atoms with Crippen LogP contribution in [0.4, 0.5) is 4.39 Å². The summed E-state index contributed by atoms with van der Waals surface area (Å²) in [7, 11) is 0. The van der Waals surface area contributed by atoms with E-state index in [-0.39, 0.29) is 5.82 Å². The van der Waals surface area contributed by atoms with Gasteiger partial charge in [-0.15, -0.1) is 0 Å². The van der Waals surface area contributed by atoms with Crippen LogP contribution in [0.1, 0.15) is 5.56 Å². The van der Waals surface area contributed by atoms with Gasteiger partial charge in [-0.3, -0.25) is 5.10 Å². The van der Waals surface area contributed by atoms with Crippen molar-refractivity contribution in [1.29, 1.82) is 0 Å². The molecule has 1 aliphatic rings. The lowest BCUT2D eigenvalue weighted by atomic mass is 10.1. The van der Waals surface area contributed by atoms with Gasteiger partial charge in [-0.25, -0.2) is 4.39 Å². The van der Waals surface area contributed by atoms with Crippen LogP contribution < -0.4 is 0 Å². The molecule has 1 saturated heterocycles. The zero-order valence-corrected chi connectivity index (χ0v) is 8.61. The first-order valence-electron chi connectivity index (χ1n) is 5.23. The van der Waals surface area contributed by atoms with Crippen LogP contribution in [0.25, 0.3) is 11.3 Å². The van der Waals surface area contributed by atoms with Crippen LogP contribution >= 0.6 is 0 Å². The van der Waals surface area contributed by atoms with Crippen molar-refractivity contribution in [3.8, 4) is 11.3 Å². The van der Waals surface area contributed by atoms with E-state index in [4.69, 9.17) is 4.74 Å². The fourth-order valence-corrected chi connectivity index (χ4v) is 1.76. The fourth-order valence-electron chi connectivity index (χ4n) is 1.76. The molecule has 0 spiro atoms. The second-order valence-electron chi connectivity index (χ2n) is 3.94. The van der Waals surface area contributed by atoms with E-state index in [1.54, 1.807) is 18.3 Å². The minimum atomic E-state index is -0.227. The van der Waals surface area contributed by atoms with E-state index in [0.717, 1.165) is 29.8 Å². The van der Waals surface area contributed by atoms with E-state index < -0.39 is 0 Å². The molecule has 0 amide bonds. The number of halogens is 1. The Morgan fingerprint density at radius 3 is 2.81 bits per heavy atom. The molecule has 16 heavy (non-hydrogen) atoms. The Balaban J connectivity index is 1.92. The Bertz CT molecular complexity index is 488. The van der Waals surface area contributed by atoms with Crippen molar-refractivity contribution < 1.29 is 9.13 Å². The van der Waals surface area contributed by atoms with Gasteiger partial charge in [0.2, 0.25) is 0 Å². The number of ether oxygens (including phenoxy) is 1. The molecule has 1 aromatic heterocycles. The van der Waals surface area contributed by atoms with Gasteiger partial charge in [0.25, 0.3) is 0 Å². The van der Waals surface area contributed by atoms with Crippen LogP contribution in [0, 0.1) is 5.82 Å². The summed E-state index contributed by atoms with van der Waals surface area (Å²) in [4.78, 5) is 0. The number of H-pyrrole nitrogens is 1. The molecule has 0 radical (unpaired) electrons. The molecule has 1 atom stereocenters. The lowest BCUT2D eigenvalue weighted by molar-refractivity contribution is 0.408. The number of aromatic nitrogens is 2. The zero-order chi connectivity index (χ0) is 11.0. The molecular formula is C12H11FN2O. The molecule has 0 bridgehead atoms. The summed E-state index contributed by atoms with van der Waals surface area (Å²) in [6.45, 7) is 0.827. The standard InChI is InChI=1S/C12H11FN2O/c13-10-3-1-8(2-4-10)12-9(6-14-15-12)5-11-7-16-11/h1-4,6,11H,5,7H2,(H,14,15). The van der Waals surface area contributed by atoms with Crippen LogP contribution in [0.5, 0.6) is 0 Å². The van der Waals surface area contributed by atoms with Gasteiger partial charge in [-0.05, 0) is 24.3 Å². The number of aromatic amines is 1. The summed E-state index contributed by atoms with van der Waals surface area (Å²) >= 11 is 0. The number of nitrogens with one attached hydrogen (secondary N) is 1. The van der Waals surface area contributed by atoms with Crippen molar-refractivity contribution in [1.82, 2.24) is 10.2 Å². The van der Waals surface area contributed by atoms with Crippen molar-refractivity contribution in [3.63, 3.8) is 0 Å². The lowest BCUT2D eigenvalue weighted by Gasteiger charge is -2.01. The largest absolute Gasteiger partial charge is 0.373 e. The second kappa shape index (κ2) is 3.72. The van der Waals surface area contributed by atoms with Gasteiger partial charge in [0.1, 0.15) is 5.82 Å². The first-order valence-corrected chi connectivity index (χ1v) is 5.23. The first-order chi connectivity index (χ1) is 7.83. The molecule has 2 heterocycles. The molecule has 4 heteroatoms. The zero-order valence-electron chi connectivity index (χ0n) is 8.61. The van der Waals surface area contributed by atoms with E-state index in [2.05, 4.69) is 10.2 Å². The quantitative estimate of drug-likeness (QED) is 0.802. The molecule has 1 aromatic carbocycles. The highest BCUT2D eigenvalue weighted by atomic mass is 19.1. The van der Waals surface area contributed by atoms with E-state index in [1.165, 1.54) is 12.1 Å². The molecule has 3 nitrogen and oxygen atoms in total. The summed E-state index contributed by atoms with van der Waals surface area (Å²) in [5.74, 6) is -0.227. The maximum Gasteiger partial charge on any atom is 0.123 e. The number of benzene rings is 1. The van der Waals surface area contributed by atoms with Gasteiger partial charge in [0.15, 0.2) is 0 Å². The summed E-state index contributed by atoms with van der Waals surface area (Å²) in [6.07, 6.45) is 3.00. The molecule has 2 aromatic rings. The molecule has 0 saturated carbocycles. The number of nitrogens with zero attached hydrogens (tertiary/aromatic N) is 1. The van der Waals surface area contributed by atoms with Gasteiger partial charge in [-0.2, -0.15) is 5.10 Å². The van der Waals surface area contributed by atoms with Crippen LogP contribution in [0.15, 0.2) is 30.5 Å².